The van der Waals surface area contributed by atoms with Gasteiger partial charge in [0.2, 0.25) is 46.6 Å². The Bertz CT molecular complexity index is 6180. The van der Waals surface area contributed by atoms with Crippen LogP contribution in [0.1, 0.15) is 179 Å². The topological polar surface area (TPSA) is 337 Å². The molecule has 0 radical (unpaired) electrons. The van der Waals surface area contributed by atoms with Crippen LogP contribution in [-0.4, -0.2) is 108 Å². The smallest absolute Gasteiger partial charge is 0.221 e. The number of carbonyl (C=O) groups is 4. The van der Waals surface area contributed by atoms with E-state index in [1.165, 1.54) is 87.4 Å². The van der Waals surface area contributed by atoms with Gasteiger partial charge in [-0.25, -0.2) is 18.0 Å². The van der Waals surface area contributed by atoms with Gasteiger partial charge in [0.1, 0.15) is 34.6 Å². The fraction of sp³-hybridized carbons (Fsp3) is 0.311. The van der Waals surface area contributed by atoms with Gasteiger partial charge in [-0.2, -0.15) is 0 Å². The molecule has 26 nitrogen and oxygen atoms in total. The highest BCUT2D eigenvalue weighted by atomic mass is 19.2. The van der Waals surface area contributed by atoms with Gasteiger partial charge in [0.25, 0.3) is 0 Å². The molecule has 0 fully saturated rings. The van der Waals surface area contributed by atoms with Crippen LogP contribution in [0, 0.1) is 47.7 Å². The number of phenolic OH excluding ortho intramolecular Hbond substituents is 4. The lowest BCUT2D eigenvalue weighted by molar-refractivity contribution is -0.122. The van der Waals surface area contributed by atoms with E-state index in [2.05, 4.69) is 46.0 Å². The molecule has 10 atom stereocenters. The molecule has 4 heterocycles. The quantitative estimate of drug-likeness (QED) is 0.0187. The summed E-state index contributed by atoms with van der Waals surface area (Å²) < 4.78 is 111. The van der Waals surface area contributed by atoms with Gasteiger partial charge in [-0.3, -0.25) is 19.2 Å². The summed E-state index contributed by atoms with van der Waals surface area (Å²) in [5, 5.41) is 52.6. The zero-order valence-corrected chi connectivity index (χ0v) is 77.2. The van der Waals surface area contributed by atoms with E-state index in [1.807, 2.05) is 80.6 Å². The summed E-state index contributed by atoms with van der Waals surface area (Å²) in [6.45, 7) is 17.0. The first-order valence-corrected chi connectivity index (χ1v) is 44.0. The Morgan fingerprint density at radius 3 is 1.01 bits per heavy atom. The van der Waals surface area contributed by atoms with Gasteiger partial charge in [0, 0.05) is 25.7 Å². The molecule has 16 rings (SSSR count). The van der Waals surface area contributed by atoms with E-state index in [-0.39, 0.29) is 143 Å². The number of hydrogen-bond acceptors (Lipinski definition) is 21. The second-order valence-electron chi connectivity index (χ2n) is 33.5. The molecule has 10 unspecified atom stereocenters. The van der Waals surface area contributed by atoms with Crippen molar-refractivity contribution in [2.24, 2.45) is 23.7 Å². The van der Waals surface area contributed by atoms with Crippen LogP contribution in [-0.2, 0) is 58.2 Å². The highest BCUT2D eigenvalue weighted by Crippen LogP contribution is 2.56. The van der Waals surface area contributed by atoms with Crippen LogP contribution in [0.5, 0.6) is 74.7 Å². The molecule has 0 bridgehead atoms. The van der Waals surface area contributed by atoms with E-state index in [4.69, 9.17) is 66.9 Å². The molecule has 8 N–H and O–H groups in total. The van der Waals surface area contributed by atoms with E-state index in [9.17, 15) is 52.8 Å². The second kappa shape index (κ2) is 44.4. The normalized spacial score (nSPS) is 18.5. The zero-order chi connectivity index (χ0) is 96.4. The number of phenols is 4. The van der Waals surface area contributed by atoms with Gasteiger partial charge < -0.3 is 102 Å². The van der Waals surface area contributed by atoms with Gasteiger partial charge in [-0.1, -0.05) is 75.7 Å². The third-order valence-electron chi connectivity index (χ3n) is 25.8. The average molecular weight is 1850 g/mol. The van der Waals surface area contributed by atoms with Crippen LogP contribution in [0.2, 0.25) is 0 Å². The SMILES string of the molecule is COc1cc(/C=C2\c3ccc(F)cc3C(CC(=O)NCc3ccco3)C2C)cc(OC)c1O.COc1cc(CC2c3cc(F)c(F)cc3C(CC(=O)NCc3ccco3)C2C)cc(OC)c1O.COc1ccc2c(c1)C(CC(=O)NCc1ccco1)C(C)/C2=C/c1cc(OC)c(O)c(OC)c1.[C-]#[N+]c1ccc2c(c1)C(CC(=O)NCc1ccco1)C(C)C2Cc1cc(OC)c(O)c(OC)c1. The monoisotopic (exact) mass is 1850 g/mol. The fourth-order valence-electron chi connectivity index (χ4n) is 18.7. The van der Waals surface area contributed by atoms with Crippen molar-refractivity contribution in [1.82, 2.24) is 21.3 Å². The minimum absolute atomic E-state index is 0.0146. The second-order valence-corrected chi connectivity index (χ2v) is 33.5. The lowest BCUT2D eigenvalue weighted by Gasteiger charge is -2.22. The summed E-state index contributed by atoms with van der Waals surface area (Å²) in [5.41, 5.74) is 13.4. The van der Waals surface area contributed by atoms with Crippen LogP contribution in [0.4, 0.5) is 18.9 Å². The predicted octanol–water partition coefficient (Wildman–Crippen LogP) is 20.5. The van der Waals surface area contributed by atoms with Gasteiger partial charge in [0.15, 0.2) is 63.3 Å². The first-order chi connectivity index (χ1) is 65.1. The number of carbonyl (C=O) groups excluding carboxylic acids is 4. The summed E-state index contributed by atoms with van der Waals surface area (Å²) >= 11 is 0. The van der Waals surface area contributed by atoms with Crippen LogP contribution in [0.15, 0.2) is 207 Å². The Morgan fingerprint density at radius 2 is 0.681 bits per heavy atom. The minimum Gasteiger partial charge on any atom is -0.502 e. The first kappa shape index (κ1) is 97.4. The lowest BCUT2D eigenvalue weighted by atomic mass is 9.83. The summed E-state index contributed by atoms with van der Waals surface area (Å²) in [4.78, 5) is 54.6. The number of amides is 4. The molecule has 0 spiro atoms. The molecule has 0 aliphatic heterocycles. The van der Waals surface area contributed by atoms with E-state index in [1.54, 1.807) is 105 Å². The minimum atomic E-state index is -0.930. The van der Waals surface area contributed by atoms with Crippen molar-refractivity contribution in [3.63, 3.8) is 0 Å². The first-order valence-electron chi connectivity index (χ1n) is 44.0. The number of rotatable bonds is 31. The number of benzene rings is 8. The highest BCUT2D eigenvalue weighted by Gasteiger charge is 2.43. The Balaban J connectivity index is 0.000000152. The Kier molecular flexibility index (Phi) is 32.1. The van der Waals surface area contributed by atoms with Gasteiger partial charge in [-0.15, -0.1) is 0 Å². The van der Waals surface area contributed by atoms with E-state index in [0.29, 0.717) is 120 Å². The number of furan rings is 4. The Labute approximate surface area is 780 Å². The number of nitrogens with zero attached hydrogens (tertiary/aromatic N) is 1. The zero-order valence-electron chi connectivity index (χ0n) is 77.2. The molecule has 706 valence electrons. The van der Waals surface area contributed by atoms with Gasteiger partial charge in [-0.05, 0) is 278 Å². The van der Waals surface area contributed by atoms with Gasteiger partial charge >= 0.3 is 0 Å². The Morgan fingerprint density at radius 1 is 0.363 bits per heavy atom. The van der Waals surface area contributed by atoms with E-state index < -0.39 is 11.6 Å². The van der Waals surface area contributed by atoms with Crippen molar-refractivity contribution in [3.05, 3.63) is 308 Å². The summed E-state index contributed by atoms with van der Waals surface area (Å²) in [5.74, 6) is 2.70. The summed E-state index contributed by atoms with van der Waals surface area (Å²) in [7, 11) is 13.5. The Hall–Kier alpha value is -15.1. The molecule has 29 heteroatoms. The largest absolute Gasteiger partial charge is 0.502 e. The number of aromatic hydroxyl groups is 4. The molecular weight excluding hydrogens is 1740 g/mol. The van der Waals surface area contributed by atoms with E-state index >= 15 is 0 Å². The maximum atomic E-state index is 14.2. The van der Waals surface area contributed by atoms with Crippen LogP contribution < -0.4 is 63.9 Å². The number of allylic oxidation sites excluding steroid dienone is 2. The molecule has 4 aliphatic rings. The standard InChI is InChI=1S/C27H28N2O5.C27H29NO6.C26H27F2NO5.C26H26FNO5/c1-16-21(10-17-11-24(32-3)27(31)25(12-17)33-4)20-8-7-18(28-2)13-23(20)22(16)14-26(30)29-15-19-6-5-9-34-19;1-16-21(10-17-11-24(32-3)27(30)25(12-17)33-4)20-8-7-18(31-2)13-23(20)22(16)14-26(29)28-15-19-6-5-9-34-19;1-14-17(7-15-8-23(32-2)26(31)24(9-15)33-3)19-10-21(27)22(28)11-20(19)18(14)12-25(30)29-13-16-5-4-6-34-16;1-15-20(9-16-10-23(31-2)26(30)24(11-16)32-3)19-7-6-17(27)12-22(19)21(15)13-25(29)28-14-18-5-4-8-33-18/h5-9,11-13,16,21-22,31H,10,14-15H2,1,3-4H3,(H,29,30);5-13,16,22,30H,14-15H2,1-4H3,(H,28,29);4-6,8-11,14,17-18,31H,7,12-13H2,1-3H3,(H,29,30);4-12,15,21,30H,13-14H2,1-3H3,(H,28,29)/b;21-10-;;20-9-. The molecule has 4 aromatic heterocycles. The number of halogens is 3. The van der Waals surface area contributed by atoms with E-state index in [0.717, 1.165) is 72.5 Å². The van der Waals surface area contributed by atoms with Crippen LogP contribution in [0.25, 0.3) is 28.1 Å². The third kappa shape index (κ3) is 22.6. The van der Waals surface area contributed by atoms with Crippen molar-refractivity contribution in [1.29, 1.82) is 0 Å². The fourth-order valence-corrected chi connectivity index (χ4v) is 18.7. The number of methoxy groups -OCH3 is 9. The molecule has 135 heavy (non-hydrogen) atoms. The molecule has 12 aromatic rings. The molecule has 8 aromatic carbocycles. The molecule has 0 saturated heterocycles. The van der Waals surface area contributed by atoms with Crippen LogP contribution in [0.3, 0.4) is 0 Å². The highest BCUT2D eigenvalue weighted by molar-refractivity contribution is 5.92. The molecule has 4 amide bonds. The van der Waals surface area contributed by atoms with Crippen molar-refractivity contribution in [3.8, 4) is 74.7 Å². The van der Waals surface area contributed by atoms with Crippen molar-refractivity contribution < 1.29 is 113 Å². The maximum absolute atomic E-state index is 14.2. The lowest BCUT2D eigenvalue weighted by Crippen LogP contribution is -2.25. The maximum Gasteiger partial charge on any atom is 0.221 e. The van der Waals surface area contributed by atoms with Crippen molar-refractivity contribution in [2.45, 2.75) is 128 Å². The molecular formula is C106H110F3N5O21. The number of ether oxygens (including phenoxy) is 9. The summed E-state index contributed by atoms with van der Waals surface area (Å²) in [6.07, 6.45) is 12.5. The van der Waals surface area contributed by atoms with Gasteiger partial charge in [0.05, 0.1) is 122 Å². The predicted molar refractivity (Wildman–Crippen MR) is 500 cm³/mol. The summed E-state index contributed by atoms with van der Waals surface area (Å²) in [6, 6.07) is 47.2. The number of fused-ring (bicyclic) bond motifs is 4. The molecule has 4 aliphatic carbocycles. The average Bonchev–Trinajstić information content (AvgIpc) is 1.62. The third-order valence-corrected chi connectivity index (χ3v) is 25.8. The number of nitrogens with one attached hydrogen (secondary N) is 4. The van der Waals surface area contributed by atoms with Crippen molar-refractivity contribution in [2.75, 3.05) is 64.0 Å². The van der Waals surface area contributed by atoms with Crippen LogP contribution >= 0.6 is 0 Å². The van der Waals surface area contributed by atoms with Crippen molar-refractivity contribution >= 4 is 52.6 Å². The number of hydrogen-bond donors (Lipinski definition) is 8. The molecule has 0 saturated carbocycles.